The predicted octanol–water partition coefficient (Wildman–Crippen LogP) is 3.75. The summed E-state index contributed by atoms with van der Waals surface area (Å²) in [6, 6.07) is 6.01. The number of hydrogen-bond acceptors (Lipinski definition) is 2. The summed E-state index contributed by atoms with van der Waals surface area (Å²) in [7, 11) is 0. The van der Waals surface area contributed by atoms with Gasteiger partial charge < -0.3 is 10.5 Å². The molecule has 2 N–H and O–H groups in total. The number of benzene rings is 1. The van der Waals surface area contributed by atoms with Crippen LogP contribution < -0.4 is 5.73 Å². The van der Waals surface area contributed by atoms with Crippen LogP contribution in [0.15, 0.2) is 34.5 Å². The molecule has 1 heterocycles. The van der Waals surface area contributed by atoms with Crippen molar-refractivity contribution in [1.29, 1.82) is 0 Å². The zero-order chi connectivity index (χ0) is 11.5. The van der Waals surface area contributed by atoms with Crippen molar-refractivity contribution in [3.8, 4) is 0 Å². The molecular formula is C12H13BrINO. The summed E-state index contributed by atoms with van der Waals surface area (Å²) in [6.45, 7) is 0.779. The van der Waals surface area contributed by atoms with Gasteiger partial charge in [-0.15, -0.1) is 0 Å². The molecule has 1 aliphatic rings. The fraction of sp³-hybridized carbons (Fsp3) is 0.333. The third-order valence-electron chi connectivity index (χ3n) is 2.56. The standard InChI is InChI=1S/C12H13BrINO/c13-10-5-4-8(14)7-9(10)12(15)11-3-1-2-6-16-11/h3-5,7,12H,1-2,6,15H2. The first kappa shape index (κ1) is 12.4. The normalized spacial score (nSPS) is 17.6. The molecule has 1 unspecified atom stereocenters. The molecule has 1 atom stereocenters. The lowest BCUT2D eigenvalue weighted by atomic mass is 10.0. The highest BCUT2D eigenvalue weighted by Crippen LogP contribution is 2.30. The number of allylic oxidation sites excluding steroid dienone is 1. The molecule has 0 spiro atoms. The smallest absolute Gasteiger partial charge is 0.113 e. The fourth-order valence-electron chi connectivity index (χ4n) is 1.70. The van der Waals surface area contributed by atoms with Gasteiger partial charge in [-0.1, -0.05) is 15.9 Å². The van der Waals surface area contributed by atoms with E-state index in [4.69, 9.17) is 10.5 Å². The van der Waals surface area contributed by atoms with Crippen LogP contribution in [0.4, 0.5) is 0 Å². The van der Waals surface area contributed by atoms with E-state index in [0.717, 1.165) is 35.2 Å². The van der Waals surface area contributed by atoms with Crippen molar-refractivity contribution in [3.05, 3.63) is 43.6 Å². The highest BCUT2D eigenvalue weighted by Gasteiger charge is 2.18. The SMILES string of the molecule is NC(C1=CCCCO1)c1cc(I)ccc1Br. The van der Waals surface area contributed by atoms with Crippen molar-refractivity contribution in [2.24, 2.45) is 5.73 Å². The van der Waals surface area contributed by atoms with Crippen LogP contribution in [0, 0.1) is 3.57 Å². The largest absolute Gasteiger partial charge is 0.496 e. The van der Waals surface area contributed by atoms with Crippen LogP contribution in [0.2, 0.25) is 0 Å². The zero-order valence-electron chi connectivity index (χ0n) is 8.75. The van der Waals surface area contributed by atoms with Crippen molar-refractivity contribution in [2.75, 3.05) is 6.61 Å². The molecule has 0 bridgehead atoms. The van der Waals surface area contributed by atoms with Gasteiger partial charge in [0.1, 0.15) is 5.76 Å². The summed E-state index contributed by atoms with van der Waals surface area (Å²) < 4.78 is 7.82. The molecule has 2 nitrogen and oxygen atoms in total. The van der Waals surface area contributed by atoms with E-state index in [1.54, 1.807) is 0 Å². The second-order valence-electron chi connectivity index (χ2n) is 3.74. The van der Waals surface area contributed by atoms with Gasteiger partial charge in [-0.05, 0) is 65.3 Å². The molecule has 0 amide bonds. The van der Waals surface area contributed by atoms with Crippen molar-refractivity contribution in [2.45, 2.75) is 18.9 Å². The number of rotatable bonds is 2. The van der Waals surface area contributed by atoms with Gasteiger partial charge in [0.15, 0.2) is 0 Å². The van der Waals surface area contributed by atoms with Crippen molar-refractivity contribution in [1.82, 2.24) is 0 Å². The molecule has 0 fully saturated rings. The molecule has 1 aromatic rings. The average molecular weight is 394 g/mol. The van der Waals surface area contributed by atoms with Gasteiger partial charge in [0.25, 0.3) is 0 Å². The lowest BCUT2D eigenvalue weighted by Gasteiger charge is -2.21. The second kappa shape index (κ2) is 5.51. The van der Waals surface area contributed by atoms with Gasteiger partial charge in [0.2, 0.25) is 0 Å². The summed E-state index contributed by atoms with van der Waals surface area (Å²) in [5.74, 6) is 0.897. The lowest BCUT2D eigenvalue weighted by molar-refractivity contribution is 0.175. The lowest BCUT2D eigenvalue weighted by Crippen LogP contribution is -2.18. The minimum atomic E-state index is -0.163. The van der Waals surface area contributed by atoms with Gasteiger partial charge >= 0.3 is 0 Å². The van der Waals surface area contributed by atoms with Gasteiger partial charge in [-0.25, -0.2) is 0 Å². The van der Waals surface area contributed by atoms with E-state index in [1.165, 1.54) is 3.57 Å². The van der Waals surface area contributed by atoms with Gasteiger partial charge in [-0.2, -0.15) is 0 Å². The Bertz CT molecular complexity index is 419. The zero-order valence-corrected chi connectivity index (χ0v) is 12.5. The Morgan fingerprint density at radius 1 is 1.44 bits per heavy atom. The molecule has 0 aromatic heterocycles. The summed E-state index contributed by atoms with van der Waals surface area (Å²) in [5.41, 5.74) is 7.30. The monoisotopic (exact) mass is 393 g/mol. The van der Waals surface area contributed by atoms with Crippen LogP contribution >= 0.6 is 38.5 Å². The summed E-state index contributed by atoms with van der Waals surface area (Å²) >= 11 is 5.82. The Labute approximate surface area is 118 Å². The van der Waals surface area contributed by atoms with E-state index in [1.807, 2.05) is 6.07 Å². The van der Waals surface area contributed by atoms with E-state index < -0.39 is 0 Å². The molecule has 0 saturated carbocycles. The van der Waals surface area contributed by atoms with Crippen LogP contribution in [-0.4, -0.2) is 6.61 Å². The third-order valence-corrected chi connectivity index (χ3v) is 3.96. The van der Waals surface area contributed by atoms with Gasteiger partial charge in [0.05, 0.1) is 12.6 Å². The molecular weight excluding hydrogens is 381 g/mol. The van der Waals surface area contributed by atoms with Crippen molar-refractivity contribution < 1.29 is 4.74 Å². The first-order valence-corrected chi connectivity index (χ1v) is 7.09. The molecule has 0 saturated heterocycles. The molecule has 1 aliphatic heterocycles. The van der Waals surface area contributed by atoms with Crippen LogP contribution in [0.5, 0.6) is 0 Å². The van der Waals surface area contributed by atoms with Crippen LogP contribution in [0.3, 0.4) is 0 Å². The molecule has 16 heavy (non-hydrogen) atoms. The van der Waals surface area contributed by atoms with E-state index in [-0.39, 0.29) is 6.04 Å². The maximum atomic E-state index is 6.21. The van der Waals surface area contributed by atoms with Crippen LogP contribution in [0.25, 0.3) is 0 Å². The quantitative estimate of drug-likeness (QED) is 0.776. The Balaban J connectivity index is 2.29. The first-order valence-electron chi connectivity index (χ1n) is 5.22. The van der Waals surface area contributed by atoms with E-state index in [2.05, 4.69) is 56.7 Å². The minimum Gasteiger partial charge on any atom is -0.496 e. The van der Waals surface area contributed by atoms with Crippen molar-refractivity contribution >= 4 is 38.5 Å². The summed E-state index contributed by atoms with van der Waals surface area (Å²) in [4.78, 5) is 0. The summed E-state index contributed by atoms with van der Waals surface area (Å²) in [6.07, 6.45) is 4.24. The number of hydrogen-bond donors (Lipinski definition) is 1. The van der Waals surface area contributed by atoms with Gasteiger partial charge in [-0.3, -0.25) is 0 Å². The number of ether oxygens (including phenoxy) is 1. The number of halogens is 2. The summed E-state index contributed by atoms with van der Waals surface area (Å²) in [5, 5.41) is 0. The second-order valence-corrected chi connectivity index (χ2v) is 5.84. The molecule has 0 aliphatic carbocycles. The highest BCUT2D eigenvalue weighted by molar-refractivity contribution is 14.1. The van der Waals surface area contributed by atoms with E-state index >= 15 is 0 Å². The maximum absolute atomic E-state index is 6.21. The van der Waals surface area contributed by atoms with E-state index in [0.29, 0.717) is 0 Å². The topological polar surface area (TPSA) is 35.2 Å². The molecule has 4 heteroatoms. The Morgan fingerprint density at radius 3 is 2.94 bits per heavy atom. The number of nitrogens with two attached hydrogens (primary N) is 1. The Kier molecular flexibility index (Phi) is 4.27. The van der Waals surface area contributed by atoms with E-state index in [9.17, 15) is 0 Å². The highest BCUT2D eigenvalue weighted by atomic mass is 127. The molecule has 0 radical (unpaired) electrons. The third kappa shape index (κ3) is 2.78. The fourth-order valence-corrected chi connectivity index (χ4v) is 2.71. The molecule has 2 rings (SSSR count). The average Bonchev–Trinajstić information content (AvgIpc) is 2.32. The van der Waals surface area contributed by atoms with Gasteiger partial charge in [0, 0.05) is 8.04 Å². The Hall–Kier alpha value is -0.0700. The molecule has 86 valence electrons. The Morgan fingerprint density at radius 2 is 2.25 bits per heavy atom. The molecule has 1 aromatic carbocycles. The predicted molar refractivity (Wildman–Crippen MR) is 77.1 cm³/mol. The maximum Gasteiger partial charge on any atom is 0.113 e. The van der Waals surface area contributed by atoms with Crippen LogP contribution in [0.1, 0.15) is 24.4 Å². The minimum absolute atomic E-state index is 0.163. The van der Waals surface area contributed by atoms with Crippen molar-refractivity contribution in [3.63, 3.8) is 0 Å². The first-order chi connectivity index (χ1) is 7.68. The van der Waals surface area contributed by atoms with Crippen LogP contribution in [-0.2, 0) is 4.74 Å².